The maximum absolute atomic E-state index is 4.72. The summed E-state index contributed by atoms with van der Waals surface area (Å²) >= 11 is 0. The van der Waals surface area contributed by atoms with Crippen molar-refractivity contribution >= 4 is 23.6 Å². The second-order valence-electron chi connectivity index (χ2n) is 6.30. The summed E-state index contributed by atoms with van der Waals surface area (Å²) in [7, 11) is 1.95. The Balaban J connectivity index is 0.00000169. The minimum atomic E-state index is 0. The number of benzene rings is 1. The molecule has 2 aromatic heterocycles. The first kappa shape index (κ1) is 16.9. The smallest absolute Gasteiger partial charge is 0.176 e. The number of nitrogens with zero attached hydrogens (tertiary/aromatic N) is 5. The van der Waals surface area contributed by atoms with Gasteiger partial charge in [-0.1, -0.05) is 30.3 Å². The maximum Gasteiger partial charge on any atom is 0.176 e. The van der Waals surface area contributed by atoms with Gasteiger partial charge in [0.2, 0.25) is 0 Å². The molecule has 5 nitrogen and oxygen atoms in total. The molecule has 3 aromatic rings. The number of fused-ring (bicyclic) bond motifs is 1. The summed E-state index contributed by atoms with van der Waals surface area (Å²) in [6.45, 7) is 3.20. The molecule has 1 saturated heterocycles. The van der Waals surface area contributed by atoms with Gasteiger partial charge < -0.3 is 0 Å². The van der Waals surface area contributed by atoms with Crippen molar-refractivity contribution < 1.29 is 0 Å². The first-order chi connectivity index (χ1) is 11.3. The maximum atomic E-state index is 4.72. The highest BCUT2D eigenvalue weighted by molar-refractivity contribution is 5.85. The van der Waals surface area contributed by atoms with E-state index in [2.05, 4.69) is 45.2 Å². The lowest BCUT2D eigenvalue weighted by atomic mass is 9.94. The van der Waals surface area contributed by atoms with Crippen LogP contribution < -0.4 is 0 Å². The summed E-state index contributed by atoms with van der Waals surface area (Å²) in [5, 5.41) is 4.72. The third kappa shape index (κ3) is 3.28. The van der Waals surface area contributed by atoms with Crippen LogP contribution in [0, 0.1) is 0 Å². The van der Waals surface area contributed by atoms with Gasteiger partial charge in [-0.05, 0) is 24.9 Å². The van der Waals surface area contributed by atoms with Crippen molar-refractivity contribution in [1.82, 2.24) is 24.6 Å². The molecule has 3 heterocycles. The molecule has 1 unspecified atom stereocenters. The summed E-state index contributed by atoms with van der Waals surface area (Å²) in [6.07, 6.45) is 5.87. The molecule has 0 N–H and O–H groups in total. The van der Waals surface area contributed by atoms with Crippen molar-refractivity contribution in [2.45, 2.75) is 25.3 Å². The van der Waals surface area contributed by atoms with Gasteiger partial charge in [0.05, 0.1) is 5.69 Å². The van der Waals surface area contributed by atoms with Gasteiger partial charge in [0.15, 0.2) is 5.65 Å². The van der Waals surface area contributed by atoms with E-state index in [1.54, 1.807) is 12.4 Å². The standard InChI is InChI=1S/C18H21N5.ClH/c1-22-18-17(19-9-10-20-18)16(21-22)15-8-5-11-23(13-15)12-14-6-3-2-4-7-14;/h2-4,6-7,9-10,15H,5,8,11-13H2,1H3;1H. The van der Waals surface area contributed by atoms with E-state index in [9.17, 15) is 0 Å². The van der Waals surface area contributed by atoms with Crippen molar-refractivity contribution in [3.8, 4) is 0 Å². The topological polar surface area (TPSA) is 46.8 Å². The number of likely N-dealkylation sites (tertiary alicyclic amines) is 1. The van der Waals surface area contributed by atoms with Gasteiger partial charge in [-0.15, -0.1) is 12.4 Å². The fourth-order valence-corrected chi connectivity index (χ4v) is 3.54. The van der Waals surface area contributed by atoms with Crippen LogP contribution in [0.4, 0.5) is 0 Å². The van der Waals surface area contributed by atoms with Gasteiger partial charge in [-0.2, -0.15) is 5.10 Å². The molecular formula is C18H22ClN5. The minimum absolute atomic E-state index is 0. The van der Waals surface area contributed by atoms with Crippen molar-refractivity contribution in [3.63, 3.8) is 0 Å². The lowest BCUT2D eigenvalue weighted by Crippen LogP contribution is -2.34. The average Bonchev–Trinajstić information content (AvgIpc) is 2.94. The second-order valence-corrected chi connectivity index (χ2v) is 6.30. The molecule has 0 spiro atoms. The number of hydrogen-bond acceptors (Lipinski definition) is 4. The van der Waals surface area contributed by atoms with Gasteiger partial charge in [-0.25, -0.2) is 14.6 Å². The molecule has 24 heavy (non-hydrogen) atoms. The molecule has 4 rings (SSSR count). The Bertz CT molecular complexity index is 802. The van der Waals surface area contributed by atoms with Gasteiger partial charge in [0.1, 0.15) is 5.52 Å². The molecule has 1 aliphatic heterocycles. The summed E-state index contributed by atoms with van der Waals surface area (Å²) in [4.78, 5) is 11.5. The summed E-state index contributed by atoms with van der Waals surface area (Å²) in [5.74, 6) is 0.438. The fraction of sp³-hybridized carbons (Fsp3) is 0.389. The molecular weight excluding hydrogens is 322 g/mol. The largest absolute Gasteiger partial charge is 0.298 e. The third-order valence-corrected chi connectivity index (χ3v) is 4.63. The van der Waals surface area contributed by atoms with Crippen LogP contribution in [-0.2, 0) is 13.6 Å². The Morgan fingerprint density at radius 1 is 1.12 bits per heavy atom. The quantitative estimate of drug-likeness (QED) is 0.733. The Morgan fingerprint density at radius 3 is 2.75 bits per heavy atom. The van der Waals surface area contributed by atoms with Crippen LogP contribution in [0.25, 0.3) is 11.2 Å². The van der Waals surface area contributed by atoms with Crippen molar-refractivity contribution in [3.05, 3.63) is 54.0 Å². The van der Waals surface area contributed by atoms with Crippen molar-refractivity contribution in [1.29, 1.82) is 0 Å². The highest BCUT2D eigenvalue weighted by atomic mass is 35.5. The monoisotopic (exact) mass is 343 g/mol. The van der Waals surface area contributed by atoms with E-state index >= 15 is 0 Å². The third-order valence-electron chi connectivity index (χ3n) is 4.63. The SMILES string of the molecule is Cl.Cn1nc(C2CCCN(Cc3ccccc3)C2)c2nccnc21. The van der Waals surface area contributed by atoms with Crippen LogP contribution >= 0.6 is 12.4 Å². The number of piperidine rings is 1. The van der Waals surface area contributed by atoms with Crippen LogP contribution in [0.2, 0.25) is 0 Å². The van der Waals surface area contributed by atoms with E-state index in [1.807, 2.05) is 11.7 Å². The average molecular weight is 344 g/mol. The summed E-state index contributed by atoms with van der Waals surface area (Å²) < 4.78 is 1.85. The second kappa shape index (κ2) is 7.28. The number of rotatable bonds is 3. The van der Waals surface area contributed by atoms with Crippen molar-refractivity contribution in [2.75, 3.05) is 13.1 Å². The fourth-order valence-electron chi connectivity index (χ4n) is 3.54. The molecule has 0 bridgehead atoms. The molecule has 1 aromatic carbocycles. The molecule has 6 heteroatoms. The summed E-state index contributed by atoms with van der Waals surface area (Å²) in [5.41, 5.74) is 4.32. The van der Waals surface area contributed by atoms with Gasteiger partial charge in [0, 0.05) is 38.4 Å². The van der Waals surface area contributed by atoms with Gasteiger partial charge in [0.25, 0.3) is 0 Å². The molecule has 1 aliphatic rings. The predicted octanol–water partition coefficient (Wildman–Crippen LogP) is 3.16. The number of halogens is 1. The van der Waals surface area contributed by atoms with Crippen LogP contribution in [0.5, 0.6) is 0 Å². The highest BCUT2D eigenvalue weighted by Crippen LogP contribution is 2.30. The van der Waals surface area contributed by atoms with Crippen LogP contribution in [0.3, 0.4) is 0 Å². The minimum Gasteiger partial charge on any atom is -0.298 e. The molecule has 0 amide bonds. The molecule has 0 radical (unpaired) electrons. The highest BCUT2D eigenvalue weighted by Gasteiger charge is 2.26. The Kier molecular flexibility index (Phi) is 5.11. The first-order valence-electron chi connectivity index (χ1n) is 8.21. The molecule has 1 fully saturated rings. The van der Waals surface area contributed by atoms with Gasteiger partial charge >= 0.3 is 0 Å². The van der Waals surface area contributed by atoms with Crippen LogP contribution in [-0.4, -0.2) is 37.7 Å². The molecule has 0 saturated carbocycles. The molecule has 1 atom stereocenters. The lowest BCUT2D eigenvalue weighted by Gasteiger charge is -2.32. The zero-order valence-corrected chi connectivity index (χ0v) is 14.6. The predicted molar refractivity (Wildman–Crippen MR) is 97.2 cm³/mol. The van der Waals surface area contributed by atoms with E-state index in [-0.39, 0.29) is 12.4 Å². The van der Waals surface area contributed by atoms with Crippen LogP contribution in [0.15, 0.2) is 42.7 Å². The Morgan fingerprint density at radius 2 is 1.92 bits per heavy atom. The van der Waals surface area contributed by atoms with E-state index in [0.717, 1.165) is 36.5 Å². The van der Waals surface area contributed by atoms with Crippen molar-refractivity contribution in [2.24, 2.45) is 7.05 Å². The molecule has 126 valence electrons. The number of hydrogen-bond donors (Lipinski definition) is 0. The van der Waals surface area contributed by atoms with E-state index in [4.69, 9.17) is 5.10 Å². The van der Waals surface area contributed by atoms with Gasteiger partial charge in [-0.3, -0.25) is 4.90 Å². The Hall–Kier alpha value is -1.98. The van der Waals surface area contributed by atoms with E-state index in [1.165, 1.54) is 18.4 Å². The first-order valence-corrected chi connectivity index (χ1v) is 8.21. The number of aromatic nitrogens is 4. The van der Waals surface area contributed by atoms with E-state index < -0.39 is 0 Å². The lowest BCUT2D eigenvalue weighted by molar-refractivity contribution is 0.198. The number of aryl methyl sites for hydroxylation is 1. The zero-order chi connectivity index (χ0) is 15.6. The zero-order valence-electron chi connectivity index (χ0n) is 13.8. The van der Waals surface area contributed by atoms with Crippen LogP contribution in [0.1, 0.15) is 30.0 Å². The van der Waals surface area contributed by atoms with E-state index in [0.29, 0.717) is 5.92 Å². The Labute approximate surface area is 148 Å². The normalized spacial score (nSPS) is 18.5. The summed E-state index contributed by atoms with van der Waals surface area (Å²) in [6, 6.07) is 10.7. The molecule has 0 aliphatic carbocycles.